The first-order valence-corrected chi connectivity index (χ1v) is 9.60. The summed E-state index contributed by atoms with van der Waals surface area (Å²) in [4.78, 5) is 13.0. The van der Waals surface area contributed by atoms with Crippen LogP contribution in [-0.2, 0) is 11.4 Å². The van der Waals surface area contributed by atoms with Gasteiger partial charge in [-0.15, -0.1) is 4.72 Å². The maximum atomic E-state index is 12.2. The number of likely N-dealkylation sites (tertiary alicyclic amines) is 1. The Morgan fingerprint density at radius 3 is 2.22 bits per heavy atom. The first kappa shape index (κ1) is 18.9. The second kappa shape index (κ2) is 5.81. The summed E-state index contributed by atoms with van der Waals surface area (Å²) in [6, 6.07) is 0.282. The van der Waals surface area contributed by atoms with Crippen molar-refractivity contribution in [2.24, 2.45) is 16.7 Å². The Balaban J connectivity index is 1.96. The molecule has 1 spiro atoms. The third-order valence-electron chi connectivity index (χ3n) is 5.34. The molecule has 0 radical (unpaired) electrons. The Kier molecular flexibility index (Phi) is 4.77. The molecule has 1 aliphatic heterocycles. The molecule has 134 valence electrons. The molecular formula is C17H32N2O3S. The highest BCUT2D eigenvalue weighted by Crippen LogP contribution is 2.61. The van der Waals surface area contributed by atoms with Gasteiger partial charge in [0.05, 0.1) is 6.04 Å². The van der Waals surface area contributed by atoms with E-state index in [0.29, 0.717) is 12.5 Å². The fourth-order valence-electron chi connectivity index (χ4n) is 4.43. The van der Waals surface area contributed by atoms with Crippen LogP contribution >= 0.6 is 0 Å². The number of nitrogens with zero attached hydrogens (tertiary/aromatic N) is 1. The summed E-state index contributed by atoms with van der Waals surface area (Å²) in [6.45, 7) is 15.0. The van der Waals surface area contributed by atoms with Crippen LogP contribution in [0.5, 0.6) is 0 Å². The van der Waals surface area contributed by atoms with Crippen LogP contribution in [0.2, 0.25) is 0 Å². The maximum absolute atomic E-state index is 12.2. The van der Waals surface area contributed by atoms with Crippen LogP contribution in [0, 0.1) is 16.7 Å². The lowest BCUT2D eigenvalue weighted by molar-refractivity contribution is -0.175. The van der Waals surface area contributed by atoms with Crippen LogP contribution in [0.1, 0.15) is 61.3 Å². The number of carbonyl (C=O) groups is 1. The zero-order valence-corrected chi connectivity index (χ0v) is 16.3. The Morgan fingerprint density at radius 2 is 1.83 bits per heavy atom. The topological polar surface area (TPSA) is 75.6 Å². The number of amides is 1. The van der Waals surface area contributed by atoms with E-state index in [-0.39, 0.29) is 27.7 Å². The first-order valence-electron chi connectivity index (χ1n) is 8.45. The van der Waals surface area contributed by atoms with Crippen LogP contribution in [-0.4, -0.2) is 44.0 Å². The molecule has 1 heterocycles. The van der Waals surface area contributed by atoms with E-state index in [4.69, 9.17) is 0 Å². The van der Waals surface area contributed by atoms with E-state index in [1.54, 1.807) is 4.90 Å². The van der Waals surface area contributed by atoms with Gasteiger partial charge in [-0.25, -0.2) is 4.79 Å². The molecule has 1 saturated carbocycles. The average Bonchev–Trinajstić information content (AvgIpc) is 2.20. The molecule has 1 amide bonds. The minimum atomic E-state index is -1.06. The van der Waals surface area contributed by atoms with Gasteiger partial charge in [0.15, 0.2) is 0 Å². The van der Waals surface area contributed by atoms with Gasteiger partial charge in [0.25, 0.3) is 0 Å². The van der Waals surface area contributed by atoms with Gasteiger partial charge in [0.2, 0.25) is 0 Å². The van der Waals surface area contributed by atoms with Crippen molar-refractivity contribution in [2.45, 2.75) is 78.1 Å². The van der Waals surface area contributed by atoms with E-state index in [9.17, 15) is 14.5 Å². The second-order valence-electron chi connectivity index (χ2n) is 9.50. The lowest BCUT2D eigenvalue weighted by Crippen LogP contribution is -2.75. The van der Waals surface area contributed by atoms with Gasteiger partial charge in [0.1, 0.15) is 4.75 Å². The van der Waals surface area contributed by atoms with Crippen LogP contribution < -0.4 is 4.72 Å². The molecule has 0 aromatic carbocycles. The van der Waals surface area contributed by atoms with Gasteiger partial charge in [-0.1, -0.05) is 20.8 Å². The molecule has 2 fully saturated rings. The average molecular weight is 345 g/mol. The molecule has 5 nitrogen and oxygen atoms in total. The van der Waals surface area contributed by atoms with Crippen molar-refractivity contribution in [3.8, 4) is 0 Å². The molecule has 3 atom stereocenters. The Hall–Kier alpha value is -0.460. The smallest absolute Gasteiger partial charge is 0.407 e. The molecule has 0 bridgehead atoms. The fourth-order valence-corrected chi connectivity index (χ4v) is 5.32. The third-order valence-corrected chi connectivity index (χ3v) is 7.03. The minimum absolute atomic E-state index is 0.0491. The standard InChI is InChI=1S/C17H32N2O3S/c1-11(18-23(22)16(5,6)7)12-8-17(9-12)10-19(14(20)21)13(17)15(2,3)4/h11-13,18H,8-10H2,1-7H3,(H,20,21)/t11-,12?,13?,17?,23+/m0/s1. The number of hydrogen-bond donors (Lipinski definition) is 2. The van der Waals surface area contributed by atoms with E-state index in [1.165, 1.54) is 0 Å². The molecule has 0 aromatic rings. The van der Waals surface area contributed by atoms with E-state index >= 15 is 0 Å². The molecule has 1 saturated heterocycles. The van der Waals surface area contributed by atoms with E-state index in [1.807, 2.05) is 20.8 Å². The number of rotatable bonds is 3. The van der Waals surface area contributed by atoms with Crippen molar-refractivity contribution < 1.29 is 14.5 Å². The predicted octanol–water partition coefficient (Wildman–Crippen LogP) is 3.23. The van der Waals surface area contributed by atoms with Crippen molar-refractivity contribution in [1.29, 1.82) is 0 Å². The van der Waals surface area contributed by atoms with E-state index in [0.717, 1.165) is 12.8 Å². The molecule has 2 aliphatic rings. The monoisotopic (exact) mass is 344 g/mol. The van der Waals surface area contributed by atoms with E-state index in [2.05, 4.69) is 32.4 Å². The highest BCUT2D eigenvalue weighted by molar-refractivity contribution is 7.90. The summed E-state index contributed by atoms with van der Waals surface area (Å²) in [5.74, 6) is 0.474. The summed E-state index contributed by atoms with van der Waals surface area (Å²) in [5, 5.41) is 9.38. The van der Waals surface area contributed by atoms with E-state index < -0.39 is 17.5 Å². The highest BCUT2D eigenvalue weighted by atomic mass is 32.2. The second-order valence-corrected chi connectivity index (χ2v) is 11.5. The van der Waals surface area contributed by atoms with Gasteiger partial charge >= 0.3 is 6.09 Å². The molecule has 1 unspecified atom stereocenters. The van der Waals surface area contributed by atoms with Crippen molar-refractivity contribution in [3.63, 3.8) is 0 Å². The summed E-state index contributed by atoms with van der Waals surface area (Å²) in [7, 11) is 0. The molecule has 6 heteroatoms. The fraction of sp³-hybridized carbons (Fsp3) is 0.941. The summed E-state index contributed by atoms with van der Waals surface area (Å²) >= 11 is -1.06. The van der Waals surface area contributed by atoms with Crippen molar-refractivity contribution in [1.82, 2.24) is 9.62 Å². The Labute approximate surface area is 143 Å². The summed E-state index contributed by atoms with van der Waals surface area (Å²) < 4.78 is 15.2. The molecule has 2 N–H and O–H groups in total. The van der Waals surface area contributed by atoms with Crippen molar-refractivity contribution in [3.05, 3.63) is 0 Å². The van der Waals surface area contributed by atoms with Crippen molar-refractivity contribution in [2.75, 3.05) is 6.54 Å². The Bertz CT molecular complexity index is 463. The van der Waals surface area contributed by atoms with Gasteiger partial charge in [-0.3, -0.25) is 0 Å². The lowest BCUT2D eigenvalue weighted by atomic mass is 9.48. The molecule has 0 aromatic heterocycles. The number of hydrogen-bond acceptors (Lipinski definition) is 3. The zero-order valence-electron chi connectivity index (χ0n) is 15.5. The summed E-state index contributed by atoms with van der Waals surface area (Å²) in [5.41, 5.74) is 0.0764. The molecule has 1 aliphatic carbocycles. The quantitative estimate of drug-likeness (QED) is 0.771. The van der Waals surface area contributed by atoms with Gasteiger partial charge in [-0.2, -0.15) is 0 Å². The van der Waals surface area contributed by atoms with Gasteiger partial charge in [0, 0.05) is 29.4 Å². The van der Waals surface area contributed by atoms with Gasteiger partial charge < -0.3 is 14.6 Å². The van der Waals surface area contributed by atoms with Crippen LogP contribution in [0.25, 0.3) is 0 Å². The van der Waals surface area contributed by atoms with Crippen LogP contribution in [0.3, 0.4) is 0 Å². The maximum Gasteiger partial charge on any atom is 0.407 e. The number of carboxylic acid groups (broad SMARTS) is 1. The highest BCUT2D eigenvalue weighted by Gasteiger charge is 2.64. The SMILES string of the molecule is C[C@H](N[S@+]([O-])C(C)(C)C)C1CC2(C1)CN(C(=O)O)C2C(C)(C)C. The summed E-state index contributed by atoms with van der Waals surface area (Å²) in [6.07, 6.45) is 1.24. The lowest BCUT2D eigenvalue weighted by Gasteiger charge is -2.68. The zero-order chi connectivity index (χ0) is 17.8. The van der Waals surface area contributed by atoms with Crippen LogP contribution in [0.15, 0.2) is 0 Å². The molecule has 2 rings (SSSR count). The third kappa shape index (κ3) is 3.49. The molecule has 23 heavy (non-hydrogen) atoms. The van der Waals surface area contributed by atoms with Crippen LogP contribution in [0.4, 0.5) is 4.79 Å². The largest absolute Gasteiger partial charge is 0.598 e. The van der Waals surface area contributed by atoms with Gasteiger partial charge in [-0.05, 0) is 51.9 Å². The Morgan fingerprint density at radius 1 is 1.30 bits per heavy atom. The first-order chi connectivity index (χ1) is 10.3. The van der Waals surface area contributed by atoms with Crippen molar-refractivity contribution >= 4 is 17.5 Å². The predicted molar refractivity (Wildman–Crippen MR) is 93.6 cm³/mol. The minimum Gasteiger partial charge on any atom is -0.598 e. The number of nitrogens with one attached hydrogen (secondary N) is 1. The molecular weight excluding hydrogens is 312 g/mol. The normalized spacial score (nSPS) is 33.8.